The number of fused-ring (bicyclic) bond motifs is 1. The summed E-state index contributed by atoms with van der Waals surface area (Å²) < 4.78 is 14.5. The van der Waals surface area contributed by atoms with E-state index < -0.39 is 5.91 Å². The van der Waals surface area contributed by atoms with Crippen LogP contribution >= 0.6 is 0 Å². The first-order valence-corrected chi connectivity index (χ1v) is 6.53. The quantitative estimate of drug-likeness (QED) is 0.745. The van der Waals surface area contributed by atoms with Crippen LogP contribution in [0.5, 0.6) is 0 Å². The first-order valence-electron chi connectivity index (χ1n) is 6.53. The van der Waals surface area contributed by atoms with Crippen molar-refractivity contribution in [2.45, 2.75) is 6.54 Å². The molecular formula is C15H12FN5O. The summed E-state index contributed by atoms with van der Waals surface area (Å²) in [6, 6.07) is 10.0. The Balaban J connectivity index is 2.04. The molecule has 0 atom stereocenters. The predicted molar refractivity (Wildman–Crippen MR) is 79.6 cm³/mol. The molecule has 1 aromatic carbocycles. The van der Waals surface area contributed by atoms with Gasteiger partial charge in [-0.05, 0) is 24.3 Å². The fourth-order valence-corrected chi connectivity index (χ4v) is 2.17. The number of nitrogens with two attached hydrogens (primary N) is 1. The maximum Gasteiger partial charge on any atom is 0.250 e. The lowest BCUT2D eigenvalue weighted by molar-refractivity contribution is 0.100. The summed E-state index contributed by atoms with van der Waals surface area (Å²) in [6.45, 7) is -0.0618. The lowest BCUT2D eigenvalue weighted by atomic mass is 10.1. The standard InChI is InChI=1S/C15H12FN5O/c16-21(8-10-4-1-2-7-18-10)15-12-6-3-5-11(14(17)22)13(12)19-9-20-15/h1-7,9H,8H2,(H2,17,22). The van der Waals surface area contributed by atoms with Gasteiger partial charge < -0.3 is 5.73 Å². The van der Waals surface area contributed by atoms with Gasteiger partial charge in [0.2, 0.25) is 0 Å². The van der Waals surface area contributed by atoms with Gasteiger partial charge >= 0.3 is 0 Å². The Labute approximate surface area is 125 Å². The van der Waals surface area contributed by atoms with Gasteiger partial charge in [-0.1, -0.05) is 16.6 Å². The maximum absolute atomic E-state index is 14.5. The molecule has 110 valence electrons. The van der Waals surface area contributed by atoms with Gasteiger partial charge in [0.15, 0.2) is 5.82 Å². The number of para-hydroxylation sites is 1. The van der Waals surface area contributed by atoms with Crippen molar-refractivity contribution in [1.29, 1.82) is 0 Å². The number of carbonyl (C=O) groups excluding carboxylic acids is 1. The van der Waals surface area contributed by atoms with Gasteiger partial charge in [-0.2, -0.15) is 5.12 Å². The summed E-state index contributed by atoms with van der Waals surface area (Å²) in [5.74, 6) is -0.552. The molecule has 0 saturated heterocycles. The highest BCUT2D eigenvalue weighted by molar-refractivity contribution is 6.06. The first-order chi connectivity index (χ1) is 10.7. The highest BCUT2D eigenvalue weighted by atomic mass is 19.2. The average molecular weight is 297 g/mol. The molecule has 1 amide bonds. The number of primary amides is 1. The summed E-state index contributed by atoms with van der Waals surface area (Å²) in [5, 5.41) is 0.883. The lowest BCUT2D eigenvalue weighted by Crippen LogP contribution is -2.16. The molecule has 2 N–H and O–H groups in total. The van der Waals surface area contributed by atoms with Gasteiger partial charge in [-0.15, -0.1) is 0 Å². The van der Waals surface area contributed by atoms with E-state index in [1.54, 1.807) is 42.6 Å². The van der Waals surface area contributed by atoms with Gasteiger partial charge in [0.25, 0.3) is 5.91 Å². The van der Waals surface area contributed by atoms with E-state index in [0.29, 0.717) is 21.7 Å². The number of hydrogen-bond acceptors (Lipinski definition) is 5. The van der Waals surface area contributed by atoms with Crippen molar-refractivity contribution in [2.24, 2.45) is 5.73 Å². The Kier molecular flexibility index (Phi) is 3.61. The number of carbonyl (C=O) groups is 1. The van der Waals surface area contributed by atoms with Crippen LogP contribution in [0.3, 0.4) is 0 Å². The van der Waals surface area contributed by atoms with Crippen molar-refractivity contribution in [2.75, 3.05) is 5.12 Å². The van der Waals surface area contributed by atoms with Crippen molar-refractivity contribution in [3.63, 3.8) is 0 Å². The molecule has 0 spiro atoms. The predicted octanol–water partition coefficient (Wildman–Crippen LogP) is 2.01. The number of anilines is 1. The molecule has 3 rings (SSSR count). The molecule has 2 aromatic heterocycles. The summed E-state index contributed by atoms with van der Waals surface area (Å²) >= 11 is 0. The second kappa shape index (κ2) is 5.72. The zero-order chi connectivity index (χ0) is 15.5. The van der Waals surface area contributed by atoms with Crippen LogP contribution < -0.4 is 10.9 Å². The van der Waals surface area contributed by atoms with Gasteiger partial charge in [0, 0.05) is 11.6 Å². The molecule has 0 unspecified atom stereocenters. The second-order valence-corrected chi connectivity index (χ2v) is 4.60. The summed E-state index contributed by atoms with van der Waals surface area (Å²) in [6.07, 6.45) is 2.79. The van der Waals surface area contributed by atoms with Crippen molar-refractivity contribution < 1.29 is 9.28 Å². The van der Waals surface area contributed by atoms with E-state index in [1.165, 1.54) is 6.33 Å². The van der Waals surface area contributed by atoms with Crippen molar-refractivity contribution in [1.82, 2.24) is 15.0 Å². The average Bonchev–Trinajstić information content (AvgIpc) is 2.54. The third kappa shape index (κ3) is 2.56. The van der Waals surface area contributed by atoms with E-state index in [1.807, 2.05) is 0 Å². The molecule has 22 heavy (non-hydrogen) atoms. The number of rotatable bonds is 4. The van der Waals surface area contributed by atoms with E-state index in [4.69, 9.17) is 5.73 Å². The van der Waals surface area contributed by atoms with E-state index in [9.17, 15) is 9.28 Å². The zero-order valence-electron chi connectivity index (χ0n) is 11.5. The molecule has 0 bridgehead atoms. The van der Waals surface area contributed by atoms with Crippen LogP contribution in [0.1, 0.15) is 16.1 Å². The second-order valence-electron chi connectivity index (χ2n) is 4.60. The molecular weight excluding hydrogens is 285 g/mol. The number of hydrogen-bond donors (Lipinski definition) is 1. The molecule has 0 radical (unpaired) electrons. The summed E-state index contributed by atoms with van der Waals surface area (Å²) in [4.78, 5) is 23.5. The molecule has 0 aliphatic carbocycles. The minimum atomic E-state index is -0.620. The number of pyridine rings is 1. The smallest absolute Gasteiger partial charge is 0.250 e. The van der Waals surface area contributed by atoms with Gasteiger partial charge in [-0.25, -0.2) is 9.97 Å². The first kappa shape index (κ1) is 13.9. The molecule has 0 aliphatic heterocycles. The number of nitrogens with zero attached hydrogens (tertiary/aromatic N) is 4. The monoisotopic (exact) mass is 297 g/mol. The Morgan fingerprint density at radius 2 is 2.00 bits per heavy atom. The van der Waals surface area contributed by atoms with E-state index in [0.717, 1.165) is 0 Å². The van der Waals surface area contributed by atoms with Crippen molar-refractivity contribution in [3.8, 4) is 0 Å². The zero-order valence-corrected chi connectivity index (χ0v) is 11.5. The van der Waals surface area contributed by atoms with Crippen LogP contribution in [0.25, 0.3) is 10.9 Å². The number of halogens is 1. The molecule has 2 heterocycles. The maximum atomic E-state index is 14.5. The fourth-order valence-electron chi connectivity index (χ4n) is 2.17. The number of aromatic nitrogens is 3. The molecule has 0 fully saturated rings. The molecule has 6 nitrogen and oxygen atoms in total. The summed E-state index contributed by atoms with van der Waals surface area (Å²) in [5.41, 5.74) is 6.42. The van der Waals surface area contributed by atoms with Crippen LogP contribution in [0.15, 0.2) is 48.9 Å². The number of amides is 1. The Morgan fingerprint density at radius 1 is 1.14 bits per heavy atom. The van der Waals surface area contributed by atoms with Crippen LogP contribution in [0.4, 0.5) is 10.3 Å². The van der Waals surface area contributed by atoms with Gasteiger partial charge in [-0.3, -0.25) is 9.78 Å². The molecule has 3 aromatic rings. The van der Waals surface area contributed by atoms with Crippen molar-refractivity contribution >= 4 is 22.6 Å². The normalized spacial score (nSPS) is 10.6. The highest BCUT2D eigenvalue weighted by Crippen LogP contribution is 2.26. The minimum Gasteiger partial charge on any atom is -0.366 e. The third-order valence-electron chi connectivity index (χ3n) is 3.17. The fraction of sp³-hybridized carbons (Fsp3) is 0.0667. The van der Waals surface area contributed by atoms with Crippen LogP contribution in [0, 0.1) is 0 Å². The topological polar surface area (TPSA) is 85.0 Å². The van der Waals surface area contributed by atoms with E-state index in [2.05, 4.69) is 15.0 Å². The van der Waals surface area contributed by atoms with E-state index >= 15 is 0 Å². The van der Waals surface area contributed by atoms with Gasteiger partial charge in [0.05, 0.1) is 23.3 Å². The molecule has 0 aliphatic rings. The van der Waals surface area contributed by atoms with Crippen LogP contribution in [-0.4, -0.2) is 20.9 Å². The number of benzene rings is 1. The SMILES string of the molecule is NC(=O)c1cccc2c(N(F)Cc3ccccn3)ncnc12. The highest BCUT2D eigenvalue weighted by Gasteiger charge is 2.16. The van der Waals surface area contributed by atoms with Crippen LogP contribution in [-0.2, 0) is 6.54 Å². The van der Waals surface area contributed by atoms with E-state index in [-0.39, 0.29) is 17.9 Å². The third-order valence-corrected chi connectivity index (χ3v) is 3.17. The van der Waals surface area contributed by atoms with Gasteiger partial charge in [0.1, 0.15) is 6.33 Å². The minimum absolute atomic E-state index is 0.0618. The van der Waals surface area contributed by atoms with Crippen molar-refractivity contribution in [3.05, 3.63) is 60.2 Å². The molecule has 7 heteroatoms. The Bertz CT molecular complexity index is 825. The largest absolute Gasteiger partial charge is 0.366 e. The van der Waals surface area contributed by atoms with Crippen LogP contribution in [0.2, 0.25) is 0 Å². The summed E-state index contributed by atoms with van der Waals surface area (Å²) in [7, 11) is 0. The lowest BCUT2D eigenvalue weighted by Gasteiger charge is -2.14. The Hall–Kier alpha value is -3.09. The molecule has 0 saturated carbocycles. The Morgan fingerprint density at radius 3 is 2.73 bits per heavy atom.